The highest BCUT2D eigenvalue weighted by molar-refractivity contribution is 5.83. The molecule has 0 aliphatic heterocycles. The zero-order valence-electron chi connectivity index (χ0n) is 14.0. The SMILES string of the molecule is C=C1Cc2cc(OC)c(OC)cc2[C@H]1c1ccc2ccccc2c1. The summed E-state index contributed by atoms with van der Waals surface area (Å²) in [4.78, 5) is 0. The maximum absolute atomic E-state index is 5.50. The first-order valence-electron chi connectivity index (χ1n) is 8.12. The fourth-order valence-electron chi connectivity index (χ4n) is 3.73. The van der Waals surface area contributed by atoms with Gasteiger partial charge in [0.25, 0.3) is 0 Å². The van der Waals surface area contributed by atoms with Gasteiger partial charge in [0, 0.05) is 5.92 Å². The van der Waals surface area contributed by atoms with Crippen molar-refractivity contribution in [3.63, 3.8) is 0 Å². The van der Waals surface area contributed by atoms with Crippen LogP contribution in [0, 0.1) is 0 Å². The Morgan fingerprint density at radius 2 is 1.58 bits per heavy atom. The molecule has 0 fully saturated rings. The van der Waals surface area contributed by atoms with Gasteiger partial charge in [-0.25, -0.2) is 0 Å². The summed E-state index contributed by atoms with van der Waals surface area (Å²) in [7, 11) is 3.36. The van der Waals surface area contributed by atoms with Crippen LogP contribution >= 0.6 is 0 Å². The molecule has 0 spiro atoms. The number of benzene rings is 3. The summed E-state index contributed by atoms with van der Waals surface area (Å²) in [6, 6.07) is 19.3. The first kappa shape index (κ1) is 14.8. The minimum absolute atomic E-state index is 0.212. The number of hydrogen-bond acceptors (Lipinski definition) is 2. The average molecular weight is 316 g/mol. The van der Waals surface area contributed by atoms with Gasteiger partial charge in [-0.3, -0.25) is 0 Å². The number of methoxy groups -OCH3 is 2. The number of rotatable bonds is 3. The third-order valence-corrected chi connectivity index (χ3v) is 4.89. The standard InChI is InChI=1S/C22H20O2/c1-14-10-18-12-20(23-2)21(24-3)13-19(18)22(14)17-9-8-15-6-4-5-7-16(15)11-17/h4-9,11-13,22H,1,10H2,2-3H3/t22-/m1/s1. The molecule has 0 unspecified atom stereocenters. The number of allylic oxidation sites excluding steroid dienone is 1. The van der Waals surface area contributed by atoms with E-state index in [0.717, 1.165) is 17.9 Å². The number of fused-ring (bicyclic) bond motifs is 2. The van der Waals surface area contributed by atoms with E-state index >= 15 is 0 Å². The summed E-state index contributed by atoms with van der Waals surface area (Å²) in [5.41, 5.74) is 5.05. The largest absolute Gasteiger partial charge is 0.493 e. The maximum Gasteiger partial charge on any atom is 0.161 e. The van der Waals surface area contributed by atoms with Crippen LogP contribution in [0.1, 0.15) is 22.6 Å². The Kier molecular flexibility index (Phi) is 3.53. The molecule has 1 atom stereocenters. The summed E-state index contributed by atoms with van der Waals surface area (Å²) >= 11 is 0. The van der Waals surface area contributed by atoms with E-state index < -0.39 is 0 Å². The van der Waals surface area contributed by atoms with Crippen LogP contribution < -0.4 is 9.47 Å². The summed E-state index contributed by atoms with van der Waals surface area (Å²) in [5, 5.41) is 2.52. The van der Waals surface area contributed by atoms with Gasteiger partial charge in [0.1, 0.15) is 0 Å². The molecule has 0 amide bonds. The molecule has 24 heavy (non-hydrogen) atoms. The lowest BCUT2D eigenvalue weighted by molar-refractivity contribution is 0.354. The molecule has 3 aromatic carbocycles. The molecule has 4 rings (SSSR count). The Hall–Kier alpha value is -2.74. The van der Waals surface area contributed by atoms with Crippen LogP contribution in [-0.4, -0.2) is 14.2 Å². The van der Waals surface area contributed by atoms with Crippen LogP contribution in [0.4, 0.5) is 0 Å². The van der Waals surface area contributed by atoms with Crippen molar-refractivity contribution < 1.29 is 9.47 Å². The molecule has 2 nitrogen and oxygen atoms in total. The molecule has 3 aromatic rings. The predicted octanol–water partition coefficient (Wildman–Crippen LogP) is 5.10. The van der Waals surface area contributed by atoms with Crippen molar-refractivity contribution in [1.29, 1.82) is 0 Å². The Morgan fingerprint density at radius 1 is 0.875 bits per heavy atom. The molecule has 0 radical (unpaired) electrons. The second-order valence-corrected chi connectivity index (χ2v) is 6.28. The summed E-state index contributed by atoms with van der Waals surface area (Å²) in [5.74, 6) is 1.77. The first-order valence-corrected chi connectivity index (χ1v) is 8.12. The van der Waals surface area contributed by atoms with Gasteiger partial charge in [0.05, 0.1) is 14.2 Å². The second-order valence-electron chi connectivity index (χ2n) is 6.28. The second kappa shape index (κ2) is 5.72. The Balaban J connectivity index is 1.86. The van der Waals surface area contributed by atoms with Gasteiger partial charge < -0.3 is 9.47 Å². The number of hydrogen-bond donors (Lipinski definition) is 0. The molecule has 2 heteroatoms. The van der Waals surface area contributed by atoms with Crippen molar-refractivity contribution in [3.05, 3.63) is 83.4 Å². The molecule has 0 N–H and O–H groups in total. The van der Waals surface area contributed by atoms with E-state index in [-0.39, 0.29) is 5.92 Å². The van der Waals surface area contributed by atoms with Crippen LogP contribution in [0.5, 0.6) is 11.5 Å². The fourth-order valence-corrected chi connectivity index (χ4v) is 3.73. The van der Waals surface area contributed by atoms with Crippen molar-refractivity contribution in [1.82, 2.24) is 0 Å². The Bertz CT molecular complexity index is 940. The Labute approximate surface area is 142 Å². The summed E-state index contributed by atoms with van der Waals surface area (Å²) < 4.78 is 10.9. The third-order valence-electron chi connectivity index (χ3n) is 4.89. The molecule has 1 aliphatic carbocycles. The van der Waals surface area contributed by atoms with Crippen molar-refractivity contribution in [3.8, 4) is 11.5 Å². The normalized spacial score (nSPS) is 16.2. The van der Waals surface area contributed by atoms with Crippen molar-refractivity contribution in [2.24, 2.45) is 0 Å². The van der Waals surface area contributed by atoms with Gasteiger partial charge in [-0.1, -0.05) is 54.6 Å². The Morgan fingerprint density at radius 3 is 2.33 bits per heavy atom. The van der Waals surface area contributed by atoms with E-state index in [9.17, 15) is 0 Å². The zero-order valence-corrected chi connectivity index (χ0v) is 14.0. The van der Waals surface area contributed by atoms with Crippen LogP contribution in [0.3, 0.4) is 0 Å². The quantitative estimate of drug-likeness (QED) is 0.626. The molecule has 0 saturated carbocycles. The first-order chi connectivity index (χ1) is 11.7. The molecule has 0 aromatic heterocycles. The highest BCUT2D eigenvalue weighted by Gasteiger charge is 2.29. The van der Waals surface area contributed by atoms with E-state index in [1.807, 2.05) is 0 Å². The molecule has 0 heterocycles. The van der Waals surface area contributed by atoms with Crippen molar-refractivity contribution in [2.75, 3.05) is 14.2 Å². The lowest BCUT2D eigenvalue weighted by atomic mass is 9.89. The van der Waals surface area contributed by atoms with Gasteiger partial charge in [-0.2, -0.15) is 0 Å². The van der Waals surface area contributed by atoms with Crippen molar-refractivity contribution in [2.45, 2.75) is 12.3 Å². The predicted molar refractivity (Wildman–Crippen MR) is 98.2 cm³/mol. The van der Waals surface area contributed by atoms with Crippen LogP contribution in [0.15, 0.2) is 66.7 Å². The van der Waals surface area contributed by atoms with Gasteiger partial charge in [-0.05, 0) is 46.0 Å². The molecular formula is C22H20O2. The highest BCUT2D eigenvalue weighted by atomic mass is 16.5. The molecule has 0 bridgehead atoms. The minimum atomic E-state index is 0.212. The zero-order chi connectivity index (χ0) is 16.7. The van der Waals surface area contributed by atoms with Crippen molar-refractivity contribution >= 4 is 10.8 Å². The lowest BCUT2D eigenvalue weighted by Gasteiger charge is -2.16. The molecule has 1 aliphatic rings. The minimum Gasteiger partial charge on any atom is -0.493 e. The van der Waals surface area contributed by atoms with Crippen LogP contribution in [0.2, 0.25) is 0 Å². The van der Waals surface area contributed by atoms with Crippen LogP contribution in [-0.2, 0) is 6.42 Å². The monoisotopic (exact) mass is 316 g/mol. The topological polar surface area (TPSA) is 18.5 Å². The lowest BCUT2D eigenvalue weighted by Crippen LogP contribution is -2.00. The van der Waals surface area contributed by atoms with Crippen LogP contribution in [0.25, 0.3) is 10.8 Å². The van der Waals surface area contributed by atoms with E-state index in [0.29, 0.717) is 0 Å². The van der Waals surface area contributed by atoms with E-state index in [4.69, 9.17) is 9.47 Å². The third kappa shape index (κ3) is 2.26. The average Bonchev–Trinajstić information content (AvgIpc) is 2.94. The molecule has 120 valence electrons. The molecule has 0 saturated heterocycles. The van der Waals surface area contributed by atoms with Gasteiger partial charge in [0.15, 0.2) is 11.5 Å². The van der Waals surface area contributed by atoms with E-state index in [2.05, 4.69) is 61.2 Å². The van der Waals surface area contributed by atoms with E-state index in [1.54, 1.807) is 14.2 Å². The fraction of sp³-hybridized carbons (Fsp3) is 0.182. The smallest absolute Gasteiger partial charge is 0.161 e. The maximum atomic E-state index is 5.50. The number of ether oxygens (including phenoxy) is 2. The summed E-state index contributed by atoms with van der Waals surface area (Å²) in [6.07, 6.45) is 0.882. The van der Waals surface area contributed by atoms with Gasteiger partial charge in [0.2, 0.25) is 0 Å². The van der Waals surface area contributed by atoms with Gasteiger partial charge >= 0.3 is 0 Å². The molecular weight excluding hydrogens is 296 g/mol. The summed E-state index contributed by atoms with van der Waals surface area (Å²) in [6.45, 7) is 4.34. The van der Waals surface area contributed by atoms with Gasteiger partial charge in [-0.15, -0.1) is 0 Å². The van der Waals surface area contributed by atoms with E-state index in [1.165, 1.54) is 33.0 Å². The highest BCUT2D eigenvalue weighted by Crippen LogP contribution is 2.45.